The first-order chi connectivity index (χ1) is 7.16. The number of rotatable bonds is 2. The van der Waals surface area contributed by atoms with Crippen molar-refractivity contribution in [1.82, 2.24) is 0 Å². The molecule has 0 aliphatic carbocycles. The van der Waals surface area contributed by atoms with E-state index in [1.807, 2.05) is 12.1 Å². The molecule has 1 aliphatic heterocycles. The predicted molar refractivity (Wildman–Crippen MR) is 61.9 cm³/mol. The van der Waals surface area contributed by atoms with E-state index < -0.39 is 0 Å². The first-order valence-electron chi connectivity index (χ1n) is 5.57. The fourth-order valence-corrected chi connectivity index (χ4v) is 2.13. The maximum Gasteiger partial charge on any atom is 0.224 e. The van der Waals surface area contributed by atoms with Crippen molar-refractivity contribution >= 4 is 11.6 Å². The third kappa shape index (κ3) is 2.20. The number of nitrogens with one attached hydrogen (secondary N) is 1. The van der Waals surface area contributed by atoms with E-state index in [2.05, 4.69) is 25.2 Å². The Balaban J connectivity index is 2.33. The SMILES string of the molecule is CC(C)Cc1cccc2c1CCC(=O)N2. The standard InChI is InChI=1S/C13H17NO/c1-9(2)8-10-4-3-5-12-11(10)6-7-13(15)14-12/h3-5,9H,6-8H2,1-2H3,(H,14,15). The Bertz CT molecular complexity index is 382. The molecule has 1 aromatic rings. The molecule has 2 heteroatoms. The lowest BCUT2D eigenvalue weighted by Crippen LogP contribution is -2.20. The molecular weight excluding hydrogens is 186 g/mol. The van der Waals surface area contributed by atoms with E-state index in [9.17, 15) is 4.79 Å². The summed E-state index contributed by atoms with van der Waals surface area (Å²) >= 11 is 0. The summed E-state index contributed by atoms with van der Waals surface area (Å²) in [5, 5.41) is 2.93. The highest BCUT2D eigenvalue weighted by Crippen LogP contribution is 2.27. The Morgan fingerprint density at radius 3 is 2.87 bits per heavy atom. The van der Waals surface area contributed by atoms with E-state index in [0.717, 1.165) is 18.5 Å². The normalized spacial score (nSPS) is 15.0. The lowest BCUT2D eigenvalue weighted by atomic mass is 9.92. The van der Waals surface area contributed by atoms with E-state index in [1.165, 1.54) is 11.1 Å². The summed E-state index contributed by atoms with van der Waals surface area (Å²) in [6.07, 6.45) is 2.62. The number of carbonyl (C=O) groups excluding carboxylic acids is 1. The summed E-state index contributed by atoms with van der Waals surface area (Å²) < 4.78 is 0. The smallest absolute Gasteiger partial charge is 0.224 e. The van der Waals surface area contributed by atoms with Gasteiger partial charge in [0.1, 0.15) is 0 Å². The van der Waals surface area contributed by atoms with Crippen LogP contribution >= 0.6 is 0 Å². The molecule has 1 N–H and O–H groups in total. The number of hydrogen-bond acceptors (Lipinski definition) is 1. The molecule has 0 saturated carbocycles. The molecule has 0 radical (unpaired) electrons. The van der Waals surface area contributed by atoms with Crippen LogP contribution in [0.5, 0.6) is 0 Å². The van der Waals surface area contributed by atoms with Gasteiger partial charge >= 0.3 is 0 Å². The molecule has 0 atom stereocenters. The van der Waals surface area contributed by atoms with Gasteiger partial charge in [0.15, 0.2) is 0 Å². The Hall–Kier alpha value is -1.31. The summed E-state index contributed by atoms with van der Waals surface area (Å²) in [4.78, 5) is 11.2. The molecule has 80 valence electrons. The molecule has 1 aliphatic rings. The van der Waals surface area contributed by atoms with Crippen LogP contribution in [0.25, 0.3) is 0 Å². The van der Waals surface area contributed by atoms with Crippen LogP contribution in [0, 0.1) is 5.92 Å². The van der Waals surface area contributed by atoms with Crippen molar-refractivity contribution in [2.75, 3.05) is 5.32 Å². The van der Waals surface area contributed by atoms with E-state index in [4.69, 9.17) is 0 Å². The summed E-state index contributed by atoms with van der Waals surface area (Å²) in [5.74, 6) is 0.804. The van der Waals surface area contributed by atoms with Crippen LogP contribution in [0.3, 0.4) is 0 Å². The fraction of sp³-hybridized carbons (Fsp3) is 0.462. The zero-order valence-electron chi connectivity index (χ0n) is 9.34. The molecule has 0 saturated heterocycles. The van der Waals surface area contributed by atoms with Gasteiger partial charge in [-0.15, -0.1) is 0 Å². The van der Waals surface area contributed by atoms with Crippen LogP contribution in [0.4, 0.5) is 5.69 Å². The second-order valence-electron chi connectivity index (χ2n) is 4.59. The quantitative estimate of drug-likeness (QED) is 0.786. The Labute approximate surface area is 90.7 Å². The molecule has 0 spiro atoms. The maximum absolute atomic E-state index is 11.2. The van der Waals surface area contributed by atoms with Gasteiger partial charge in [-0.1, -0.05) is 26.0 Å². The van der Waals surface area contributed by atoms with Gasteiger partial charge in [0, 0.05) is 12.1 Å². The van der Waals surface area contributed by atoms with E-state index in [1.54, 1.807) is 0 Å². The first-order valence-corrected chi connectivity index (χ1v) is 5.57. The monoisotopic (exact) mass is 203 g/mol. The van der Waals surface area contributed by atoms with Crippen LogP contribution in [0.1, 0.15) is 31.4 Å². The van der Waals surface area contributed by atoms with Crippen LogP contribution < -0.4 is 5.32 Å². The van der Waals surface area contributed by atoms with Gasteiger partial charge in [-0.05, 0) is 36.0 Å². The minimum atomic E-state index is 0.143. The van der Waals surface area contributed by atoms with Gasteiger partial charge in [0.2, 0.25) is 5.91 Å². The highest BCUT2D eigenvalue weighted by Gasteiger charge is 2.17. The van der Waals surface area contributed by atoms with Crippen molar-refractivity contribution in [3.05, 3.63) is 29.3 Å². The van der Waals surface area contributed by atoms with Crippen LogP contribution in [0.2, 0.25) is 0 Å². The fourth-order valence-electron chi connectivity index (χ4n) is 2.13. The Morgan fingerprint density at radius 2 is 2.13 bits per heavy atom. The molecule has 1 amide bonds. The van der Waals surface area contributed by atoms with Gasteiger partial charge in [-0.2, -0.15) is 0 Å². The topological polar surface area (TPSA) is 29.1 Å². The van der Waals surface area contributed by atoms with Crippen molar-refractivity contribution < 1.29 is 4.79 Å². The van der Waals surface area contributed by atoms with Crippen LogP contribution in [0.15, 0.2) is 18.2 Å². The summed E-state index contributed by atoms with van der Waals surface area (Å²) in [7, 11) is 0. The van der Waals surface area contributed by atoms with Gasteiger partial charge in [0.25, 0.3) is 0 Å². The molecule has 0 aromatic heterocycles. The molecule has 1 aromatic carbocycles. The molecule has 15 heavy (non-hydrogen) atoms. The Morgan fingerprint density at radius 1 is 1.33 bits per heavy atom. The molecular formula is C13H17NO. The van der Waals surface area contributed by atoms with Crippen molar-refractivity contribution in [2.24, 2.45) is 5.92 Å². The van der Waals surface area contributed by atoms with E-state index in [0.29, 0.717) is 12.3 Å². The first kappa shape index (κ1) is 10.2. The Kier molecular flexibility index (Phi) is 2.76. The second kappa shape index (κ2) is 4.05. The minimum Gasteiger partial charge on any atom is -0.326 e. The molecule has 0 unspecified atom stereocenters. The number of hydrogen-bond donors (Lipinski definition) is 1. The largest absolute Gasteiger partial charge is 0.326 e. The highest BCUT2D eigenvalue weighted by atomic mass is 16.1. The average Bonchev–Trinajstić information content (AvgIpc) is 2.16. The molecule has 1 heterocycles. The lowest BCUT2D eigenvalue weighted by Gasteiger charge is -2.20. The number of amides is 1. The maximum atomic E-state index is 11.2. The summed E-state index contributed by atoms with van der Waals surface area (Å²) in [6.45, 7) is 4.45. The van der Waals surface area contributed by atoms with Gasteiger partial charge < -0.3 is 5.32 Å². The van der Waals surface area contributed by atoms with Crippen molar-refractivity contribution in [2.45, 2.75) is 33.1 Å². The summed E-state index contributed by atoms with van der Waals surface area (Å²) in [5.41, 5.74) is 3.75. The third-order valence-electron chi connectivity index (χ3n) is 2.78. The van der Waals surface area contributed by atoms with E-state index in [-0.39, 0.29) is 5.91 Å². The molecule has 2 nitrogen and oxygen atoms in total. The van der Waals surface area contributed by atoms with Gasteiger partial charge in [-0.25, -0.2) is 0 Å². The number of benzene rings is 1. The second-order valence-corrected chi connectivity index (χ2v) is 4.59. The van der Waals surface area contributed by atoms with E-state index >= 15 is 0 Å². The minimum absolute atomic E-state index is 0.143. The van der Waals surface area contributed by atoms with Crippen LogP contribution in [-0.4, -0.2) is 5.91 Å². The number of fused-ring (bicyclic) bond motifs is 1. The predicted octanol–water partition coefficient (Wildman–Crippen LogP) is 2.77. The number of carbonyl (C=O) groups is 1. The van der Waals surface area contributed by atoms with Crippen molar-refractivity contribution in [1.29, 1.82) is 0 Å². The average molecular weight is 203 g/mol. The van der Waals surface area contributed by atoms with Crippen molar-refractivity contribution in [3.8, 4) is 0 Å². The molecule has 0 fully saturated rings. The third-order valence-corrected chi connectivity index (χ3v) is 2.78. The number of anilines is 1. The van der Waals surface area contributed by atoms with Crippen LogP contribution in [-0.2, 0) is 17.6 Å². The lowest BCUT2D eigenvalue weighted by molar-refractivity contribution is -0.116. The summed E-state index contributed by atoms with van der Waals surface area (Å²) in [6, 6.07) is 6.20. The molecule has 2 rings (SSSR count). The molecule has 0 bridgehead atoms. The highest BCUT2D eigenvalue weighted by molar-refractivity contribution is 5.94. The zero-order chi connectivity index (χ0) is 10.8. The van der Waals surface area contributed by atoms with Gasteiger partial charge in [0.05, 0.1) is 0 Å². The van der Waals surface area contributed by atoms with Gasteiger partial charge in [-0.3, -0.25) is 4.79 Å². The van der Waals surface area contributed by atoms with Crippen molar-refractivity contribution in [3.63, 3.8) is 0 Å². The zero-order valence-corrected chi connectivity index (χ0v) is 9.34.